The van der Waals surface area contributed by atoms with E-state index in [1.807, 2.05) is 30.3 Å². The van der Waals surface area contributed by atoms with E-state index in [1.165, 1.54) is 4.90 Å². The molecule has 0 spiro atoms. The van der Waals surface area contributed by atoms with Crippen molar-refractivity contribution in [1.29, 1.82) is 0 Å². The standard InChI is InChI=1S/C15H15N3O3S/c19-13-8-16-15(20)18(13)6-7-22-10-12-9-21-14(17-12)11-4-2-1-3-5-11/h1-5,9H,6-8,10H2,(H,16,20). The minimum absolute atomic E-state index is 0.104. The lowest BCUT2D eigenvalue weighted by atomic mass is 10.2. The topological polar surface area (TPSA) is 75.4 Å². The quantitative estimate of drug-likeness (QED) is 0.652. The molecule has 0 unspecified atom stereocenters. The Morgan fingerprint density at radius 1 is 1.27 bits per heavy atom. The van der Waals surface area contributed by atoms with Gasteiger partial charge in [0.2, 0.25) is 11.8 Å². The van der Waals surface area contributed by atoms with Gasteiger partial charge in [0, 0.05) is 23.6 Å². The molecule has 1 aromatic carbocycles. The maximum atomic E-state index is 11.4. The van der Waals surface area contributed by atoms with Crippen molar-refractivity contribution in [2.75, 3.05) is 18.8 Å². The van der Waals surface area contributed by atoms with Gasteiger partial charge < -0.3 is 9.73 Å². The summed E-state index contributed by atoms with van der Waals surface area (Å²) in [4.78, 5) is 28.5. The molecule has 3 amide bonds. The minimum Gasteiger partial charge on any atom is -0.444 e. The summed E-state index contributed by atoms with van der Waals surface area (Å²) in [5, 5.41) is 2.50. The third-order valence-electron chi connectivity index (χ3n) is 3.22. The molecule has 22 heavy (non-hydrogen) atoms. The predicted octanol–water partition coefficient (Wildman–Crippen LogP) is 2.13. The van der Waals surface area contributed by atoms with Crippen LogP contribution >= 0.6 is 11.8 Å². The fourth-order valence-corrected chi connectivity index (χ4v) is 2.90. The number of imide groups is 1. The molecule has 2 heterocycles. The van der Waals surface area contributed by atoms with Gasteiger partial charge in [0.25, 0.3) is 0 Å². The first-order valence-electron chi connectivity index (χ1n) is 6.90. The zero-order valence-electron chi connectivity index (χ0n) is 11.8. The van der Waals surface area contributed by atoms with E-state index in [2.05, 4.69) is 10.3 Å². The molecule has 1 N–H and O–H groups in total. The van der Waals surface area contributed by atoms with E-state index in [0.29, 0.717) is 23.9 Å². The van der Waals surface area contributed by atoms with Gasteiger partial charge in [-0.05, 0) is 12.1 Å². The molecule has 0 radical (unpaired) electrons. The van der Waals surface area contributed by atoms with Gasteiger partial charge in [0.1, 0.15) is 6.26 Å². The fraction of sp³-hybridized carbons (Fsp3) is 0.267. The molecule has 1 fully saturated rings. The van der Waals surface area contributed by atoms with E-state index in [9.17, 15) is 9.59 Å². The second kappa shape index (κ2) is 6.65. The number of carbonyl (C=O) groups is 2. The molecular formula is C15H15N3O3S. The summed E-state index contributed by atoms with van der Waals surface area (Å²) in [6, 6.07) is 9.40. The van der Waals surface area contributed by atoms with E-state index >= 15 is 0 Å². The maximum absolute atomic E-state index is 11.4. The van der Waals surface area contributed by atoms with Crippen LogP contribution in [0, 0.1) is 0 Å². The Bertz CT molecular complexity index is 656. The first-order chi connectivity index (χ1) is 10.7. The van der Waals surface area contributed by atoms with Crippen molar-refractivity contribution in [2.24, 2.45) is 0 Å². The molecule has 1 aromatic heterocycles. The molecule has 7 heteroatoms. The van der Waals surface area contributed by atoms with Gasteiger partial charge in [0.15, 0.2) is 0 Å². The Labute approximate surface area is 131 Å². The lowest BCUT2D eigenvalue weighted by Crippen LogP contribution is -2.32. The van der Waals surface area contributed by atoms with E-state index in [0.717, 1.165) is 11.3 Å². The number of hydrogen-bond acceptors (Lipinski definition) is 5. The Morgan fingerprint density at radius 3 is 2.82 bits per heavy atom. The van der Waals surface area contributed by atoms with Crippen LogP contribution in [0.2, 0.25) is 0 Å². The SMILES string of the molecule is O=C1CNC(=O)N1CCSCc1coc(-c2ccccc2)n1. The largest absolute Gasteiger partial charge is 0.444 e. The Balaban J connectivity index is 1.47. The number of urea groups is 1. The molecule has 1 aliphatic heterocycles. The number of aromatic nitrogens is 1. The lowest BCUT2D eigenvalue weighted by molar-refractivity contribution is -0.124. The molecule has 3 rings (SSSR count). The van der Waals surface area contributed by atoms with Gasteiger partial charge in [-0.2, -0.15) is 11.8 Å². The fourth-order valence-electron chi connectivity index (χ4n) is 2.10. The summed E-state index contributed by atoms with van der Waals surface area (Å²) in [6.45, 7) is 0.520. The second-order valence-corrected chi connectivity index (χ2v) is 5.87. The summed E-state index contributed by atoms with van der Waals surface area (Å²) >= 11 is 1.61. The summed E-state index contributed by atoms with van der Waals surface area (Å²) in [5.41, 5.74) is 1.79. The van der Waals surface area contributed by atoms with Crippen LogP contribution in [0.3, 0.4) is 0 Å². The molecular weight excluding hydrogens is 302 g/mol. The highest BCUT2D eigenvalue weighted by Gasteiger charge is 2.27. The van der Waals surface area contributed by atoms with Crippen LogP contribution in [0.4, 0.5) is 4.79 Å². The summed E-state index contributed by atoms with van der Waals surface area (Å²) in [7, 11) is 0. The van der Waals surface area contributed by atoms with Gasteiger partial charge in [-0.1, -0.05) is 18.2 Å². The van der Waals surface area contributed by atoms with Gasteiger partial charge in [-0.3, -0.25) is 9.69 Å². The number of thioether (sulfide) groups is 1. The molecule has 114 valence electrons. The zero-order valence-corrected chi connectivity index (χ0v) is 12.6. The first-order valence-corrected chi connectivity index (χ1v) is 8.05. The van der Waals surface area contributed by atoms with Crippen molar-refractivity contribution in [1.82, 2.24) is 15.2 Å². The summed E-state index contributed by atoms with van der Waals surface area (Å²) in [6.07, 6.45) is 1.64. The van der Waals surface area contributed by atoms with Gasteiger partial charge in [-0.15, -0.1) is 0 Å². The smallest absolute Gasteiger partial charge is 0.324 e. The zero-order chi connectivity index (χ0) is 15.4. The number of rotatable bonds is 6. The third-order valence-corrected chi connectivity index (χ3v) is 4.19. The monoisotopic (exact) mass is 317 g/mol. The van der Waals surface area contributed by atoms with Crippen LogP contribution in [0.15, 0.2) is 41.0 Å². The predicted molar refractivity (Wildman–Crippen MR) is 83.2 cm³/mol. The number of nitrogens with zero attached hydrogens (tertiary/aromatic N) is 2. The molecule has 0 saturated carbocycles. The number of hydrogen-bond donors (Lipinski definition) is 1. The molecule has 1 aliphatic rings. The minimum atomic E-state index is -0.307. The number of carbonyl (C=O) groups excluding carboxylic acids is 2. The highest BCUT2D eigenvalue weighted by Crippen LogP contribution is 2.20. The van der Waals surface area contributed by atoms with E-state index < -0.39 is 0 Å². The van der Waals surface area contributed by atoms with Gasteiger partial charge in [-0.25, -0.2) is 9.78 Å². The normalized spacial score (nSPS) is 14.5. The van der Waals surface area contributed by atoms with Crippen LogP contribution in [0.25, 0.3) is 11.5 Å². The number of nitrogens with one attached hydrogen (secondary N) is 1. The van der Waals surface area contributed by atoms with Crippen molar-refractivity contribution >= 4 is 23.7 Å². The average Bonchev–Trinajstić information content (AvgIpc) is 3.13. The molecule has 6 nitrogen and oxygen atoms in total. The molecule has 0 bridgehead atoms. The summed E-state index contributed by atoms with van der Waals surface area (Å²) < 4.78 is 5.46. The van der Waals surface area contributed by atoms with E-state index in [4.69, 9.17) is 4.42 Å². The number of oxazole rings is 1. The first kappa shape index (κ1) is 14.6. The van der Waals surface area contributed by atoms with E-state index in [-0.39, 0.29) is 18.5 Å². The van der Waals surface area contributed by atoms with E-state index in [1.54, 1.807) is 18.0 Å². The Morgan fingerprint density at radius 2 is 2.09 bits per heavy atom. The van der Waals surface area contributed by atoms with Crippen molar-refractivity contribution in [2.45, 2.75) is 5.75 Å². The van der Waals surface area contributed by atoms with Crippen molar-refractivity contribution in [3.8, 4) is 11.5 Å². The lowest BCUT2D eigenvalue weighted by Gasteiger charge is -2.10. The van der Waals surface area contributed by atoms with Crippen LogP contribution in [0.5, 0.6) is 0 Å². The van der Waals surface area contributed by atoms with Gasteiger partial charge in [0.05, 0.1) is 12.2 Å². The average molecular weight is 317 g/mol. The highest BCUT2D eigenvalue weighted by molar-refractivity contribution is 7.98. The number of amides is 3. The maximum Gasteiger partial charge on any atom is 0.324 e. The van der Waals surface area contributed by atoms with Crippen molar-refractivity contribution in [3.05, 3.63) is 42.3 Å². The molecule has 1 saturated heterocycles. The van der Waals surface area contributed by atoms with Crippen LogP contribution in [0.1, 0.15) is 5.69 Å². The molecule has 0 aliphatic carbocycles. The molecule has 2 aromatic rings. The second-order valence-electron chi connectivity index (χ2n) is 4.77. The molecule has 0 atom stereocenters. The van der Waals surface area contributed by atoms with Crippen molar-refractivity contribution < 1.29 is 14.0 Å². The van der Waals surface area contributed by atoms with Crippen molar-refractivity contribution in [3.63, 3.8) is 0 Å². The number of benzene rings is 1. The van der Waals surface area contributed by atoms with Crippen LogP contribution < -0.4 is 5.32 Å². The summed E-state index contributed by atoms with van der Waals surface area (Å²) in [5.74, 6) is 1.79. The van der Waals surface area contributed by atoms with Gasteiger partial charge >= 0.3 is 6.03 Å². The van der Waals surface area contributed by atoms with Crippen LogP contribution in [-0.2, 0) is 10.5 Å². The third kappa shape index (κ3) is 3.30. The Kier molecular flexibility index (Phi) is 4.43. The Hall–Kier alpha value is -2.28. The van der Waals surface area contributed by atoms with Crippen LogP contribution in [-0.4, -0.2) is 40.7 Å². The highest BCUT2D eigenvalue weighted by atomic mass is 32.2.